The van der Waals surface area contributed by atoms with Crippen molar-refractivity contribution in [2.45, 2.75) is 44.6 Å². The molecule has 0 spiro atoms. The lowest BCUT2D eigenvalue weighted by molar-refractivity contribution is 0.462. The maximum absolute atomic E-state index is 12.9. The first-order valence-corrected chi connectivity index (χ1v) is 8.36. The third kappa shape index (κ3) is 4.91. The number of hydrogen-bond acceptors (Lipinski definition) is 4. The van der Waals surface area contributed by atoms with Crippen LogP contribution in [0, 0.1) is 5.82 Å². The zero-order valence-corrected chi connectivity index (χ0v) is 13.3. The van der Waals surface area contributed by atoms with E-state index in [0.717, 1.165) is 30.2 Å². The Hall–Kier alpha value is -2.17. The molecule has 0 radical (unpaired) electrons. The van der Waals surface area contributed by atoms with Crippen LogP contribution in [-0.4, -0.2) is 22.6 Å². The standard InChI is InChI=1S/C18H23FN4/c19-15-8-6-14(7-9-15)10-11-20-17-12-18(22-13-21-17)23-16-4-2-1-3-5-16/h6-9,12-13,16H,1-5,10-11H2,(H2,20,21,22,23). The molecule has 3 rings (SSSR count). The van der Waals surface area contributed by atoms with Gasteiger partial charge < -0.3 is 10.6 Å². The van der Waals surface area contributed by atoms with E-state index in [1.54, 1.807) is 6.33 Å². The van der Waals surface area contributed by atoms with Gasteiger partial charge in [-0.05, 0) is 37.0 Å². The highest BCUT2D eigenvalue weighted by Gasteiger charge is 2.13. The fourth-order valence-corrected chi connectivity index (χ4v) is 2.97. The Morgan fingerprint density at radius 1 is 1.00 bits per heavy atom. The van der Waals surface area contributed by atoms with Crippen molar-refractivity contribution < 1.29 is 4.39 Å². The van der Waals surface area contributed by atoms with E-state index in [9.17, 15) is 4.39 Å². The van der Waals surface area contributed by atoms with Crippen LogP contribution in [0.5, 0.6) is 0 Å². The molecule has 2 aromatic rings. The Balaban J connectivity index is 1.49. The molecule has 1 heterocycles. The zero-order chi connectivity index (χ0) is 15.9. The Kier molecular flexibility index (Phi) is 5.40. The van der Waals surface area contributed by atoms with Crippen LogP contribution in [0.1, 0.15) is 37.7 Å². The number of nitrogens with one attached hydrogen (secondary N) is 2. The lowest BCUT2D eigenvalue weighted by atomic mass is 9.95. The van der Waals surface area contributed by atoms with Crippen LogP contribution in [0.3, 0.4) is 0 Å². The van der Waals surface area contributed by atoms with Gasteiger partial charge in [-0.25, -0.2) is 14.4 Å². The third-order valence-corrected chi connectivity index (χ3v) is 4.26. The van der Waals surface area contributed by atoms with Gasteiger partial charge in [0.1, 0.15) is 23.8 Å². The number of benzene rings is 1. The van der Waals surface area contributed by atoms with E-state index >= 15 is 0 Å². The van der Waals surface area contributed by atoms with Crippen LogP contribution in [0.2, 0.25) is 0 Å². The molecule has 0 unspecified atom stereocenters. The summed E-state index contributed by atoms with van der Waals surface area (Å²) in [4.78, 5) is 8.56. The van der Waals surface area contributed by atoms with Crippen molar-refractivity contribution in [1.29, 1.82) is 0 Å². The molecular weight excluding hydrogens is 291 g/mol. The average Bonchev–Trinajstić information content (AvgIpc) is 2.58. The second-order valence-corrected chi connectivity index (χ2v) is 6.07. The second kappa shape index (κ2) is 7.90. The fourth-order valence-electron chi connectivity index (χ4n) is 2.97. The highest BCUT2D eigenvalue weighted by atomic mass is 19.1. The molecule has 0 atom stereocenters. The summed E-state index contributed by atoms with van der Waals surface area (Å²) in [6.07, 6.45) is 8.80. The number of anilines is 2. The molecule has 0 bridgehead atoms. The summed E-state index contributed by atoms with van der Waals surface area (Å²) in [5.41, 5.74) is 1.11. The minimum Gasteiger partial charge on any atom is -0.370 e. The third-order valence-electron chi connectivity index (χ3n) is 4.26. The average molecular weight is 314 g/mol. The van der Waals surface area contributed by atoms with Crippen LogP contribution in [0.25, 0.3) is 0 Å². The van der Waals surface area contributed by atoms with Crippen LogP contribution in [0.4, 0.5) is 16.0 Å². The lowest BCUT2D eigenvalue weighted by Gasteiger charge is -2.23. The predicted octanol–water partition coefficient (Wildman–Crippen LogP) is 4.01. The van der Waals surface area contributed by atoms with E-state index in [1.807, 2.05) is 18.2 Å². The van der Waals surface area contributed by atoms with Gasteiger partial charge in [0.05, 0.1) is 0 Å². The molecular formula is C18H23FN4. The van der Waals surface area contributed by atoms with Crippen molar-refractivity contribution in [3.8, 4) is 0 Å². The SMILES string of the molecule is Fc1ccc(CCNc2cc(NC3CCCCC3)ncn2)cc1. The van der Waals surface area contributed by atoms with Crippen LogP contribution < -0.4 is 10.6 Å². The molecule has 0 saturated heterocycles. The van der Waals surface area contributed by atoms with Crippen molar-refractivity contribution >= 4 is 11.6 Å². The van der Waals surface area contributed by atoms with E-state index in [1.165, 1.54) is 44.2 Å². The molecule has 1 saturated carbocycles. The first kappa shape index (κ1) is 15.7. The smallest absolute Gasteiger partial charge is 0.131 e. The minimum absolute atomic E-state index is 0.198. The van der Waals surface area contributed by atoms with E-state index in [-0.39, 0.29) is 5.82 Å². The van der Waals surface area contributed by atoms with Crippen LogP contribution >= 0.6 is 0 Å². The van der Waals surface area contributed by atoms with Crippen molar-refractivity contribution in [2.75, 3.05) is 17.2 Å². The quantitative estimate of drug-likeness (QED) is 0.845. The molecule has 4 nitrogen and oxygen atoms in total. The highest BCUT2D eigenvalue weighted by molar-refractivity contribution is 5.47. The molecule has 122 valence electrons. The molecule has 5 heteroatoms. The summed E-state index contributed by atoms with van der Waals surface area (Å²) in [6, 6.07) is 9.10. The molecule has 2 N–H and O–H groups in total. The maximum atomic E-state index is 12.9. The first-order valence-electron chi connectivity index (χ1n) is 8.36. The highest BCUT2D eigenvalue weighted by Crippen LogP contribution is 2.21. The van der Waals surface area contributed by atoms with Crippen LogP contribution in [-0.2, 0) is 6.42 Å². The Bertz CT molecular complexity index is 609. The zero-order valence-electron chi connectivity index (χ0n) is 13.3. The van der Waals surface area contributed by atoms with Crippen LogP contribution in [0.15, 0.2) is 36.7 Å². The van der Waals surface area contributed by atoms with Crippen molar-refractivity contribution in [3.05, 3.63) is 48.0 Å². The fraction of sp³-hybridized carbons (Fsp3) is 0.444. The molecule has 1 aromatic carbocycles. The lowest BCUT2D eigenvalue weighted by Crippen LogP contribution is -2.23. The maximum Gasteiger partial charge on any atom is 0.131 e. The van der Waals surface area contributed by atoms with Crippen molar-refractivity contribution in [1.82, 2.24) is 9.97 Å². The topological polar surface area (TPSA) is 49.8 Å². The molecule has 1 aliphatic rings. The van der Waals surface area contributed by atoms with Gasteiger partial charge in [-0.3, -0.25) is 0 Å². The Morgan fingerprint density at radius 3 is 2.52 bits per heavy atom. The summed E-state index contributed by atoms with van der Waals surface area (Å²) >= 11 is 0. The van der Waals surface area contributed by atoms with E-state index in [0.29, 0.717) is 6.04 Å². The summed E-state index contributed by atoms with van der Waals surface area (Å²) in [5, 5.41) is 6.80. The van der Waals surface area contributed by atoms with Crippen molar-refractivity contribution in [2.24, 2.45) is 0 Å². The van der Waals surface area contributed by atoms with Gasteiger partial charge in [0.2, 0.25) is 0 Å². The second-order valence-electron chi connectivity index (χ2n) is 6.07. The van der Waals surface area contributed by atoms with Crippen molar-refractivity contribution in [3.63, 3.8) is 0 Å². The number of aromatic nitrogens is 2. The van der Waals surface area contributed by atoms with Gasteiger partial charge >= 0.3 is 0 Å². The Morgan fingerprint density at radius 2 is 1.74 bits per heavy atom. The normalized spacial score (nSPS) is 15.3. The molecule has 1 fully saturated rings. The number of rotatable bonds is 6. The number of hydrogen-bond donors (Lipinski definition) is 2. The molecule has 1 aliphatic carbocycles. The van der Waals surface area contributed by atoms with Gasteiger partial charge in [-0.2, -0.15) is 0 Å². The van der Waals surface area contributed by atoms with E-state index < -0.39 is 0 Å². The number of halogens is 1. The van der Waals surface area contributed by atoms with E-state index in [2.05, 4.69) is 20.6 Å². The minimum atomic E-state index is -0.198. The van der Waals surface area contributed by atoms with Gasteiger partial charge in [0, 0.05) is 18.7 Å². The van der Waals surface area contributed by atoms with Gasteiger partial charge in [0.25, 0.3) is 0 Å². The molecule has 0 amide bonds. The number of nitrogens with zero attached hydrogens (tertiary/aromatic N) is 2. The Labute approximate surface area is 136 Å². The van der Waals surface area contributed by atoms with Gasteiger partial charge in [-0.15, -0.1) is 0 Å². The molecule has 23 heavy (non-hydrogen) atoms. The largest absolute Gasteiger partial charge is 0.370 e. The summed E-state index contributed by atoms with van der Waals surface area (Å²) in [6.45, 7) is 0.755. The summed E-state index contributed by atoms with van der Waals surface area (Å²) in [5.74, 6) is 1.51. The first-order chi connectivity index (χ1) is 11.3. The summed E-state index contributed by atoms with van der Waals surface area (Å²) < 4.78 is 12.9. The predicted molar refractivity (Wildman–Crippen MR) is 91.1 cm³/mol. The summed E-state index contributed by atoms with van der Waals surface area (Å²) in [7, 11) is 0. The monoisotopic (exact) mass is 314 g/mol. The molecule has 0 aliphatic heterocycles. The van der Waals surface area contributed by atoms with E-state index in [4.69, 9.17) is 0 Å². The molecule has 1 aromatic heterocycles. The van der Waals surface area contributed by atoms with Gasteiger partial charge in [-0.1, -0.05) is 31.4 Å². The van der Waals surface area contributed by atoms with Gasteiger partial charge in [0.15, 0.2) is 0 Å².